The van der Waals surface area contributed by atoms with Crippen LogP contribution in [0.1, 0.15) is 22.9 Å². The molecule has 100 valence electrons. The van der Waals surface area contributed by atoms with Crippen molar-refractivity contribution in [1.82, 2.24) is 0 Å². The highest BCUT2D eigenvalue weighted by molar-refractivity contribution is 9.11. The van der Waals surface area contributed by atoms with E-state index >= 15 is 0 Å². The standard InChI is InChI=1S/C15H13Br2ClO/c1-2-19-12-7-8-13(14(16)9-12)15(17)10-3-5-11(18)6-4-10/h3-9,15H,2H2,1H3. The second kappa shape index (κ2) is 6.78. The van der Waals surface area contributed by atoms with Crippen LogP contribution in [0, 0.1) is 0 Å². The van der Waals surface area contributed by atoms with E-state index in [2.05, 4.69) is 37.9 Å². The normalized spacial score (nSPS) is 12.2. The Morgan fingerprint density at radius 3 is 2.42 bits per heavy atom. The van der Waals surface area contributed by atoms with Gasteiger partial charge in [0.05, 0.1) is 11.4 Å². The molecule has 1 unspecified atom stereocenters. The van der Waals surface area contributed by atoms with Crippen LogP contribution in [0.25, 0.3) is 0 Å². The first-order valence-electron chi connectivity index (χ1n) is 5.93. The number of rotatable bonds is 4. The Kier molecular flexibility index (Phi) is 5.31. The topological polar surface area (TPSA) is 9.23 Å². The fraction of sp³-hybridized carbons (Fsp3) is 0.200. The maximum Gasteiger partial charge on any atom is 0.120 e. The highest BCUT2D eigenvalue weighted by Crippen LogP contribution is 2.37. The van der Waals surface area contributed by atoms with Gasteiger partial charge in [-0.25, -0.2) is 0 Å². The Morgan fingerprint density at radius 2 is 1.84 bits per heavy atom. The third-order valence-electron chi connectivity index (χ3n) is 2.72. The fourth-order valence-corrected chi connectivity index (χ4v) is 3.51. The van der Waals surface area contributed by atoms with E-state index in [1.54, 1.807) is 0 Å². The Hall–Kier alpha value is -0.510. The first-order valence-corrected chi connectivity index (χ1v) is 8.02. The van der Waals surface area contributed by atoms with Crippen LogP contribution in [0.15, 0.2) is 46.9 Å². The van der Waals surface area contributed by atoms with Crippen molar-refractivity contribution in [2.75, 3.05) is 6.61 Å². The molecular weight excluding hydrogens is 391 g/mol. The molecule has 0 spiro atoms. The molecule has 2 aromatic carbocycles. The Labute approximate surface area is 135 Å². The minimum absolute atomic E-state index is 0.120. The van der Waals surface area contributed by atoms with Crippen molar-refractivity contribution in [1.29, 1.82) is 0 Å². The summed E-state index contributed by atoms with van der Waals surface area (Å²) in [6.45, 7) is 2.64. The van der Waals surface area contributed by atoms with Crippen molar-refractivity contribution in [3.63, 3.8) is 0 Å². The highest BCUT2D eigenvalue weighted by Gasteiger charge is 2.14. The third kappa shape index (κ3) is 3.74. The molecule has 2 aromatic rings. The van der Waals surface area contributed by atoms with Crippen LogP contribution in [0.5, 0.6) is 5.75 Å². The molecule has 0 saturated carbocycles. The van der Waals surface area contributed by atoms with Gasteiger partial charge in [-0.1, -0.05) is 61.7 Å². The number of alkyl halides is 1. The van der Waals surface area contributed by atoms with Crippen molar-refractivity contribution >= 4 is 43.5 Å². The Bertz CT molecular complexity index is 555. The van der Waals surface area contributed by atoms with E-state index < -0.39 is 0 Å². The first-order chi connectivity index (χ1) is 9.11. The van der Waals surface area contributed by atoms with Gasteiger partial charge in [0.2, 0.25) is 0 Å². The second-order valence-electron chi connectivity index (χ2n) is 4.03. The van der Waals surface area contributed by atoms with Gasteiger partial charge in [0, 0.05) is 9.50 Å². The summed E-state index contributed by atoms with van der Waals surface area (Å²) in [6.07, 6.45) is 0. The molecule has 0 amide bonds. The van der Waals surface area contributed by atoms with E-state index in [9.17, 15) is 0 Å². The maximum atomic E-state index is 5.91. The van der Waals surface area contributed by atoms with E-state index in [1.165, 1.54) is 0 Å². The van der Waals surface area contributed by atoms with E-state index in [1.807, 2.05) is 43.3 Å². The smallest absolute Gasteiger partial charge is 0.120 e. The molecule has 0 fully saturated rings. The molecule has 2 rings (SSSR count). The van der Waals surface area contributed by atoms with Crippen molar-refractivity contribution in [2.45, 2.75) is 11.8 Å². The molecule has 19 heavy (non-hydrogen) atoms. The summed E-state index contributed by atoms with van der Waals surface area (Å²) in [5.41, 5.74) is 2.32. The van der Waals surface area contributed by atoms with Gasteiger partial charge in [0.25, 0.3) is 0 Å². The lowest BCUT2D eigenvalue weighted by atomic mass is 10.0. The SMILES string of the molecule is CCOc1ccc(C(Br)c2ccc(Cl)cc2)c(Br)c1. The van der Waals surface area contributed by atoms with E-state index in [0.29, 0.717) is 6.61 Å². The number of hydrogen-bond acceptors (Lipinski definition) is 1. The summed E-state index contributed by atoms with van der Waals surface area (Å²) in [4.78, 5) is 0.120. The molecule has 4 heteroatoms. The predicted molar refractivity (Wildman–Crippen MR) is 87.5 cm³/mol. The van der Waals surface area contributed by atoms with Crippen LogP contribution in [-0.2, 0) is 0 Å². The maximum absolute atomic E-state index is 5.91. The molecule has 0 radical (unpaired) electrons. The van der Waals surface area contributed by atoms with Gasteiger partial charge in [-0.2, -0.15) is 0 Å². The average molecular weight is 405 g/mol. The van der Waals surface area contributed by atoms with Crippen LogP contribution < -0.4 is 4.74 Å². The van der Waals surface area contributed by atoms with E-state index in [0.717, 1.165) is 26.4 Å². The van der Waals surface area contributed by atoms with Crippen molar-refractivity contribution in [3.05, 3.63) is 63.1 Å². The van der Waals surface area contributed by atoms with Crippen LogP contribution >= 0.6 is 43.5 Å². The molecule has 0 aliphatic carbocycles. The quantitative estimate of drug-likeness (QED) is 0.569. The molecule has 1 atom stereocenters. The second-order valence-corrected chi connectivity index (χ2v) is 6.24. The average Bonchev–Trinajstić information content (AvgIpc) is 2.39. The number of benzene rings is 2. The van der Waals surface area contributed by atoms with Crippen LogP contribution in [0.3, 0.4) is 0 Å². The fourth-order valence-electron chi connectivity index (χ4n) is 1.78. The molecule has 0 aliphatic rings. The van der Waals surface area contributed by atoms with Gasteiger partial charge in [-0.3, -0.25) is 0 Å². The summed E-state index contributed by atoms with van der Waals surface area (Å²) in [6, 6.07) is 13.9. The van der Waals surface area contributed by atoms with Crippen LogP contribution in [0.4, 0.5) is 0 Å². The lowest BCUT2D eigenvalue weighted by Gasteiger charge is -2.14. The van der Waals surface area contributed by atoms with Crippen molar-refractivity contribution in [3.8, 4) is 5.75 Å². The van der Waals surface area contributed by atoms with Crippen molar-refractivity contribution in [2.24, 2.45) is 0 Å². The van der Waals surface area contributed by atoms with Gasteiger partial charge >= 0.3 is 0 Å². The largest absolute Gasteiger partial charge is 0.494 e. The zero-order valence-electron chi connectivity index (χ0n) is 10.4. The van der Waals surface area contributed by atoms with Gasteiger partial charge in [0.15, 0.2) is 0 Å². The predicted octanol–water partition coefficient (Wildman–Crippen LogP) is 5.99. The van der Waals surface area contributed by atoms with Gasteiger partial charge in [-0.05, 0) is 42.3 Å². The summed E-state index contributed by atoms with van der Waals surface area (Å²) < 4.78 is 6.50. The summed E-state index contributed by atoms with van der Waals surface area (Å²) in [5.74, 6) is 0.869. The van der Waals surface area contributed by atoms with Gasteiger partial charge in [0.1, 0.15) is 5.75 Å². The first kappa shape index (κ1) is 14.9. The summed E-state index contributed by atoms with van der Waals surface area (Å²) in [5, 5.41) is 0.745. The van der Waals surface area contributed by atoms with Gasteiger partial charge in [-0.15, -0.1) is 0 Å². The zero-order chi connectivity index (χ0) is 13.8. The molecule has 0 aromatic heterocycles. The molecular formula is C15H13Br2ClO. The summed E-state index contributed by atoms with van der Waals surface area (Å²) >= 11 is 13.2. The van der Waals surface area contributed by atoms with E-state index in [4.69, 9.17) is 16.3 Å². The van der Waals surface area contributed by atoms with Crippen LogP contribution in [-0.4, -0.2) is 6.61 Å². The van der Waals surface area contributed by atoms with Gasteiger partial charge < -0.3 is 4.74 Å². The van der Waals surface area contributed by atoms with E-state index in [-0.39, 0.29) is 4.83 Å². The zero-order valence-corrected chi connectivity index (χ0v) is 14.3. The monoisotopic (exact) mass is 402 g/mol. The Morgan fingerprint density at radius 1 is 1.16 bits per heavy atom. The molecule has 1 nitrogen and oxygen atoms in total. The Balaban J connectivity index is 2.28. The summed E-state index contributed by atoms with van der Waals surface area (Å²) in [7, 11) is 0. The highest BCUT2D eigenvalue weighted by atomic mass is 79.9. The molecule has 0 aliphatic heterocycles. The van der Waals surface area contributed by atoms with Crippen molar-refractivity contribution < 1.29 is 4.74 Å². The molecule has 0 bridgehead atoms. The molecule has 0 heterocycles. The molecule has 0 saturated heterocycles. The third-order valence-corrected chi connectivity index (χ3v) is 4.68. The lowest BCUT2D eigenvalue weighted by molar-refractivity contribution is 0.340. The van der Waals surface area contributed by atoms with Crippen LogP contribution in [0.2, 0.25) is 5.02 Å². The minimum Gasteiger partial charge on any atom is -0.494 e. The molecule has 0 N–H and O–H groups in total. The minimum atomic E-state index is 0.120. The number of halogens is 3. The number of ether oxygens (including phenoxy) is 1. The lowest BCUT2D eigenvalue weighted by Crippen LogP contribution is -1.96. The number of hydrogen-bond donors (Lipinski definition) is 0.